The molecule has 0 saturated carbocycles. The van der Waals surface area contributed by atoms with Gasteiger partial charge in [-0.3, -0.25) is 9.88 Å². The first-order chi connectivity index (χ1) is 16.0. The van der Waals surface area contributed by atoms with E-state index in [1.165, 1.54) is 67.8 Å². The molecular formula is C28H45N5. The van der Waals surface area contributed by atoms with Crippen LogP contribution in [0.25, 0.3) is 0 Å². The molecule has 33 heavy (non-hydrogen) atoms. The number of hydrogen-bond acceptors (Lipinski definition) is 5. The maximum absolute atomic E-state index is 4.80. The smallest absolute Gasteiger partial charge is 0.112 e. The lowest BCUT2D eigenvalue weighted by molar-refractivity contribution is 0.0869. The summed E-state index contributed by atoms with van der Waals surface area (Å²) >= 11 is 0. The minimum absolute atomic E-state index is 0.297. The first-order valence-electron chi connectivity index (χ1n) is 13.3. The Balaban J connectivity index is 1.48. The Labute approximate surface area is 201 Å². The number of nitrogens with zero attached hydrogens (tertiary/aromatic N) is 4. The average molecular weight is 452 g/mol. The van der Waals surface area contributed by atoms with Gasteiger partial charge in [-0.1, -0.05) is 26.5 Å². The van der Waals surface area contributed by atoms with Crippen LogP contribution in [0.4, 0.5) is 0 Å². The normalized spacial score (nSPS) is 26.9. The number of rotatable bonds is 9. The molecular weight excluding hydrogens is 406 g/mol. The highest BCUT2D eigenvalue weighted by atomic mass is 15.4. The molecule has 0 radical (unpaired) electrons. The number of aromatic nitrogens is 1. The summed E-state index contributed by atoms with van der Waals surface area (Å²) in [7, 11) is 2.29. The molecule has 1 aromatic heterocycles. The highest BCUT2D eigenvalue weighted by Gasteiger charge is 2.35. The van der Waals surface area contributed by atoms with Crippen LogP contribution < -0.4 is 5.32 Å². The third-order valence-electron chi connectivity index (χ3n) is 8.27. The number of hydrogen-bond donors (Lipinski definition) is 1. The Morgan fingerprint density at radius 1 is 1.30 bits per heavy atom. The molecule has 1 fully saturated rings. The monoisotopic (exact) mass is 451 g/mol. The van der Waals surface area contributed by atoms with Gasteiger partial charge in [-0.25, -0.2) is 0 Å². The Kier molecular flexibility index (Phi) is 8.13. The van der Waals surface area contributed by atoms with Crippen LogP contribution in [0.2, 0.25) is 0 Å². The van der Waals surface area contributed by atoms with Gasteiger partial charge in [-0.05, 0) is 89.1 Å². The van der Waals surface area contributed by atoms with E-state index in [0.717, 1.165) is 31.8 Å². The molecule has 5 heteroatoms. The van der Waals surface area contributed by atoms with Crippen molar-refractivity contribution in [1.82, 2.24) is 25.0 Å². The Bertz CT molecular complexity index is 833. The first-order valence-corrected chi connectivity index (χ1v) is 13.3. The minimum Gasteiger partial charge on any atom is -0.363 e. The molecule has 2 aliphatic heterocycles. The highest BCUT2D eigenvalue weighted by molar-refractivity contribution is 5.29. The molecule has 0 bridgehead atoms. The van der Waals surface area contributed by atoms with Crippen LogP contribution in [0.1, 0.15) is 76.6 Å². The average Bonchev–Trinajstić information content (AvgIpc) is 3.18. The summed E-state index contributed by atoms with van der Waals surface area (Å²) in [6.07, 6.45) is 12.8. The summed E-state index contributed by atoms with van der Waals surface area (Å²) < 4.78 is 0. The van der Waals surface area contributed by atoms with Crippen molar-refractivity contribution in [2.75, 3.05) is 33.2 Å². The summed E-state index contributed by atoms with van der Waals surface area (Å²) in [4.78, 5) is 12.7. The summed E-state index contributed by atoms with van der Waals surface area (Å²) in [5, 5.41) is 3.83. The van der Waals surface area contributed by atoms with Crippen molar-refractivity contribution < 1.29 is 0 Å². The van der Waals surface area contributed by atoms with Crippen molar-refractivity contribution in [3.63, 3.8) is 0 Å². The van der Waals surface area contributed by atoms with Gasteiger partial charge >= 0.3 is 0 Å². The number of likely N-dealkylation sites (N-methyl/N-ethyl adjacent to an activating group) is 1. The first kappa shape index (κ1) is 24.3. The van der Waals surface area contributed by atoms with E-state index in [4.69, 9.17) is 4.98 Å². The van der Waals surface area contributed by atoms with Gasteiger partial charge in [-0.15, -0.1) is 0 Å². The van der Waals surface area contributed by atoms with Crippen molar-refractivity contribution >= 4 is 0 Å². The van der Waals surface area contributed by atoms with Crippen LogP contribution in [0.3, 0.4) is 0 Å². The van der Waals surface area contributed by atoms with Crippen molar-refractivity contribution in [2.45, 2.75) is 84.0 Å². The number of pyridine rings is 1. The number of likely N-dealkylation sites (tertiary alicyclic amines) is 1. The molecule has 0 amide bonds. The van der Waals surface area contributed by atoms with E-state index in [-0.39, 0.29) is 0 Å². The Hall–Kier alpha value is -1.85. The molecule has 1 aromatic rings. The van der Waals surface area contributed by atoms with E-state index in [0.29, 0.717) is 18.2 Å². The standard InChI is InChI=1S/C28H45N5/c1-6-21(4)32-17-11-12-22(18-32)19-33-25(8-3)24(7-2)30-27(33)20-31(5)26-15-9-13-23-14-10-16-29-28(23)26/h7,10,14,16,21-22,26-27,30H,2,6,8-9,11-13,15,17-20H2,1,3-5H3/t21?,22-,26+,27?/m0/s1. The van der Waals surface area contributed by atoms with Crippen LogP contribution in [0.5, 0.6) is 0 Å². The van der Waals surface area contributed by atoms with Crippen LogP contribution in [0.15, 0.2) is 42.4 Å². The van der Waals surface area contributed by atoms with Gasteiger partial charge in [0.15, 0.2) is 0 Å². The molecule has 182 valence electrons. The second kappa shape index (κ2) is 11.1. The van der Waals surface area contributed by atoms with E-state index in [9.17, 15) is 0 Å². The Morgan fingerprint density at radius 2 is 2.15 bits per heavy atom. The topological polar surface area (TPSA) is 34.6 Å². The lowest BCUT2D eigenvalue weighted by Crippen LogP contribution is -2.50. The zero-order chi connectivity index (χ0) is 23.4. The summed E-state index contributed by atoms with van der Waals surface area (Å²) in [6.45, 7) is 15.7. The third kappa shape index (κ3) is 5.30. The van der Waals surface area contributed by atoms with Crippen LogP contribution in [-0.4, -0.2) is 65.1 Å². The molecule has 1 saturated heterocycles. The molecule has 3 aliphatic rings. The molecule has 4 atom stereocenters. The maximum atomic E-state index is 4.80. The van der Waals surface area contributed by atoms with E-state index in [1.807, 2.05) is 12.3 Å². The van der Waals surface area contributed by atoms with Gasteiger partial charge in [-0.2, -0.15) is 0 Å². The van der Waals surface area contributed by atoms with Crippen LogP contribution >= 0.6 is 0 Å². The van der Waals surface area contributed by atoms with Gasteiger partial charge in [0.1, 0.15) is 6.17 Å². The van der Waals surface area contributed by atoms with Crippen LogP contribution in [-0.2, 0) is 6.42 Å². The molecule has 0 aromatic carbocycles. The van der Waals surface area contributed by atoms with Gasteiger partial charge in [0, 0.05) is 37.6 Å². The minimum atomic E-state index is 0.297. The largest absolute Gasteiger partial charge is 0.363 e. The zero-order valence-corrected chi connectivity index (χ0v) is 21.4. The fourth-order valence-corrected chi connectivity index (χ4v) is 6.23. The van der Waals surface area contributed by atoms with E-state index >= 15 is 0 Å². The SMILES string of the molecule is C=CC1=C(CC)N(C[C@H]2CCCN(C(C)CC)C2)C(CN(C)[C@@H]2CCCc3cccnc32)N1. The Morgan fingerprint density at radius 3 is 2.91 bits per heavy atom. The van der Waals surface area contributed by atoms with E-state index in [2.05, 4.69) is 66.5 Å². The zero-order valence-electron chi connectivity index (χ0n) is 21.4. The van der Waals surface area contributed by atoms with Gasteiger partial charge in [0.2, 0.25) is 0 Å². The van der Waals surface area contributed by atoms with E-state index in [1.54, 1.807) is 0 Å². The molecule has 1 aliphatic carbocycles. The number of allylic oxidation sites excluding steroid dienone is 2. The van der Waals surface area contributed by atoms with Gasteiger partial charge in [0.25, 0.3) is 0 Å². The predicted molar refractivity (Wildman–Crippen MR) is 138 cm³/mol. The van der Waals surface area contributed by atoms with Gasteiger partial charge in [0.05, 0.1) is 17.4 Å². The van der Waals surface area contributed by atoms with Crippen molar-refractivity contribution in [3.8, 4) is 0 Å². The van der Waals surface area contributed by atoms with Crippen LogP contribution in [0, 0.1) is 5.92 Å². The lowest BCUT2D eigenvalue weighted by atomic mass is 9.91. The lowest BCUT2D eigenvalue weighted by Gasteiger charge is -2.41. The molecule has 4 rings (SSSR count). The molecule has 2 unspecified atom stereocenters. The molecule has 3 heterocycles. The van der Waals surface area contributed by atoms with Crippen molar-refractivity contribution in [1.29, 1.82) is 0 Å². The summed E-state index contributed by atoms with van der Waals surface area (Å²) in [5.74, 6) is 0.727. The fraction of sp³-hybridized carbons (Fsp3) is 0.679. The highest BCUT2D eigenvalue weighted by Crippen LogP contribution is 2.34. The van der Waals surface area contributed by atoms with Crippen molar-refractivity contribution in [2.24, 2.45) is 5.92 Å². The number of piperidine rings is 1. The van der Waals surface area contributed by atoms with E-state index < -0.39 is 0 Å². The molecule has 1 N–H and O–H groups in total. The number of fused-ring (bicyclic) bond motifs is 1. The molecule has 5 nitrogen and oxygen atoms in total. The summed E-state index contributed by atoms with van der Waals surface area (Å²) in [5.41, 5.74) is 5.39. The second-order valence-electron chi connectivity index (χ2n) is 10.4. The maximum Gasteiger partial charge on any atom is 0.112 e. The third-order valence-corrected chi connectivity index (χ3v) is 8.27. The number of aryl methyl sites for hydroxylation is 1. The van der Waals surface area contributed by atoms with Gasteiger partial charge < -0.3 is 15.1 Å². The summed E-state index contributed by atoms with van der Waals surface area (Å²) in [6, 6.07) is 5.45. The quantitative estimate of drug-likeness (QED) is 0.575. The number of nitrogens with one attached hydrogen (secondary N) is 1. The fourth-order valence-electron chi connectivity index (χ4n) is 6.23. The molecule has 0 spiro atoms. The predicted octanol–water partition coefficient (Wildman–Crippen LogP) is 4.94. The second-order valence-corrected chi connectivity index (χ2v) is 10.4. The van der Waals surface area contributed by atoms with Crippen molar-refractivity contribution in [3.05, 3.63) is 53.6 Å².